The van der Waals surface area contributed by atoms with Crippen molar-refractivity contribution in [1.29, 1.82) is 0 Å². The van der Waals surface area contributed by atoms with Gasteiger partial charge < -0.3 is 14.8 Å². The molecule has 0 amide bonds. The zero-order chi connectivity index (χ0) is 13.2. The summed E-state index contributed by atoms with van der Waals surface area (Å²) in [6, 6.07) is 6.18. The third kappa shape index (κ3) is 2.49. The van der Waals surface area contributed by atoms with Crippen molar-refractivity contribution in [3.63, 3.8) is 0 Å². The van der Waals surface area contributed by atoms with Gasteiger partial charge in [0, 0.05) is 5.56 Å². The van der Waals surface area contributed by atoms with Crippen molar-refractivity contribution in [2.75, 3.05) is 19.0 Å². The van der Waals surface area contributed by atoms with E-state index in [-0.39, 0.29) is 6.04 Å². The molecule has 0 bridgehead atoms. The number of nitrogens with zero attached hydrogens (tertiary/aromatic N) is 2. The Balaban J connectivity index is 1.75. The van der Waals surface area contributed by atoms with Crippen LogP contribution in [0.1, 0.15) is 10.6 Å². The maximum absolute atomic E-state index is 5.81. The molecule has 1 aliphatic rings. The van der Waals surface area contributed by atoms with Crippen LogP contribution in [0.25, 0.3) is 0 Å². The van der Waals surface area contributed by atoms with Crippen molar-refractivity contribution in [2.24, 2.45) is 0 Å². The van der Waals surface area contributed by atoms with Crippen LogP contribution in [0.5, 0.6) is 11.5 Å². The third-order valence-corrected chi connectivity index (χ3v) is 3.80. The second-order valence-corrected chi connectivity index (χ2v) is 5.61. The molecule has 0 aliphatic carbocycles. The predicted molar refractivity (Wildman–Crippen MR) is 74.2 cm³/mol. The SMILES string of the molecule is COc1cccc2c1OC[C@@H](Nc1nnc(C)s1)C2. The number of anilines is 1. The second kappa shape index (κ2) is 5.05. The Morgan fingerprint density at radius 3 is 3.05 bits per heavy atom. The zero-order valence-electron chi connectivity index (χ0n) is 10.8. The van der Waals surface area contributed by atoms with E-state index in [9.17, 15) is 0 Å². The van der Waals surface area contributed by atoms with Gasteiger partial charge in [-0.2, -0.15) is 0 Å². The maximum Gasteiger partial charge on any atom is 0.206 e. The van der Waals surface area contributed by atoms with Crippen LogP contribution < -0.4 is 14.8 Å². The second-order valence-electron chi connectivity index (χ2n) is 4.43. The van der Waals surface area contributed by atoms with E-state index in [1.807, 2.05) is 19.1 Å². The number of rotatable bonds is 3. The number of ether oxygens (including phenoxy) is 2. The monoisotopic (exact) mass is 277 g/mol. The normalized spacial score (nSPS) is 17.5. The van der Waals surface area contributed by atoms with Gasteiger partial charge in [0.25, 0.3) is 0 Å². The van der Waals surface area contributed by atoms with Crippen LogP contribution in [0.15, 0.2) is 18.2 Å². The number of fused-ring (bicyclic) bond motifs is 1. The van der Waals surface area contributed by atoms with Crippen LogP contribution in [0, 0.1) is 6.92 Å². The van der Waals surface area contributed by atoms with Crippen molar-refractivity contribution in [3.8, 4) is 11.5 Å². The number of para-hydroxylation sites is 1. The van der Waals surface area contributed by atoms with Crippen LogP contribution in [0.2, 0.25) is 0 Å². The van der Waals surface area contributed by atoms with Gasteiger partial charge in [-0.3, -0.25) is 0 Å². The van der Waals surface area contributed by atoms with Gasteiger partial charge in [-0.25, -0.2) is 0 Å². The number of benzene rings is 1. The third-order valence-electron chi connectivity index (χ3n) is 3.03. The van der Waals surface area contributed by atoms with Gasteiger partial charge in [-0.1, -0.05) is 23.5 Å². The van der Waals surface area contributed by atoms with Gasteiger partial charge in [0.1, 0.15) is 11.6 Å². The Kier molecular flexibility index (Phi) is 3.25. The molecule has 0 saturated heterocycles. The van der Waals surface area contributed by atoms with Gasteiger partial charge >= 0.3 is 0 Å². The molecule has 5 nitrogen and oxygen atoms in total. The van der Waals surface area contributed by atoms with Gasteiger partial charge in [-0.05, 0) is 19.4 Å². The lowest BCUT2D eigenvalue weighted by molar-refractivity contribution is 0.256. The molecule has 19 heavy (non-hydrogen) atoms. The minimum atomic E-state index is 0.215. The van der Waals surface area contributed by atoms with Gasteiger partial charge in [0.2, 0.25) is 5.13 Å². The molecular formula is C13H15N3O2S. The standard InChI is InChI=1S/C13H15N3O2S/c1-8-15-16-13(19-8)14-10-6-9-4-3-5-11(17-2)12(9)18-7-10/h3-5,10H,6-7H2,1-2H3,(H,14,16)/t10-/m0/s1. The Morgan fingerprint density at radius 1 is 1.42 bits per heavy atom. The molecule has 1 aromatic carbocycles. The fourth-order valence-electron chi connectivity index (χ4n) is 2.18. The molecule has 1 N–H and O–H groups in total. The smallest absolute Gasteiger partial charge is 0.206 e. The average Bonchev–Trinajstić information content (AvgIpc) is 2.83. The first-order valence-corrected chi connectivity index (χ1v) is 6.93. The van der Waals surface area contributed by atoms with Crippen LogP contribution >= 0.6 is 11.3 Å². The first-order valence-electron chi connectivity index (χ1n) is 6.11. The molecule has 6 heteroatoms. The fourth-order valence-corrected chi connectivity index (χ4v) is 2.85. The highest BCUT2D eigenvalue weighted by Crippen LogP contribution is 2.35. The van der Waals surface area contributed by atoms with Crippen LogP contribution in [0.4, 0.5) is 5.13 Å². The van der Waals surface area contributed by atoms with E-state index >= 15 is 0 Å². The Hall–Kier alpha value is -1.82. The number of hydrogen-bond donors (Lipinski definition) is 1. The minimum Gasteiger partial charge on any atom is -0.493 e. The largest absolute Gasteiger partial charge is 0.493 e. The van der Waals surface area contributed by atoms with E-state index in [1.54, 1.807) is 18.4 Å². The van der Waals surface area contributed by atoms with E-state index in [0.29, 0.717) is 6.61 Å². The van der Waals surface area contributed by atoms with E-state index in [4.69, 9.17) is 9.47 Å². The summed E-state index contributed by atoms with van der Waals surface area (Å²) >= 11 is 1.56. The van der Waals surface area contributed by atoms with E-state index in [1.165, 1.54) is 0 Å². The summed E-state index contributed by atoms with van der Waals surface area (Å²) in [6.45, 7) is 2.55. The molecule has 1 atom stereocenters. The molecule has 3 rings (SSSR count). The number of methoxy groups -OCH3 is 1. The lowest BCUT2D eigenvalue weighted by Crippen LogP contribution is -2.33. The van der Waals surface area contributed by atoms with Crippen molar-refractivity contribution in [1.82, 2.24) is 10.2 Å². The van der Waals surface area contributed by atoms with E-state index in [0.717, 1.165) is 33.6 Å². The Morgan fingerprint density at radius 2 is 2.32 bits per heavy atom. The summed E-state index contributed by atoms with van der Waals surface area (Å²) in [4.78, 5) is 0. The quantitative estimate of drug-likeness (QED) is 0.932. The average molecular weight is 277 g/mol. The topological polar surface area (TPSA) is 56.3 Å². The summed E-state index contributed by atoms with van der Waals surface area (Å²) in [6.07, 6.45) is 0.894. The van der Waals surface area contributed by atoms with Gasteiger partial charge in [-0.15, -0.1) is 10.2 Å². The number of nitrogens with one attached hydrogen (secondary N) is 1. The highest BCUT2D eigenvalue weighted by Gasteiger charge is 2.23. The Bertz CT molecular complexity index is 585. The summed E-state index contributed by atoms with van der Waals surface area (Å²) in [5.41, 5.74) is 1.16. The number of aromatic nitrogens is 2. The zero-order valence-corrected chi connectivity index (χ0v) is 11.7. The summed E-state index contributed by atoms with van der Waals surface area (Å²) in [5.74, 6) is 1.65. The molecular weight excluding hydrogens is 262 g/mol. The van der Waals surface area contributed by atoms with Crippen molar-refractivity contribution >= 4 is 16.5 Å². The lowest BCUT2D eigenvalue weighted by atomic mass is 10.0. The molecule has 2 heterocycles. The first kappa shape index (κ1) is 12.2. The fraction of sp³-hybridized carbons (Fsp3) is 0.385. The minimum absolute atomic E-state index is 0.215. The number of hydrogen-bond acceptors (Lipinski definition) is 6. The van der Waals surface area contributed by atoms with Crippen molar-refractivity contribution in [2.45, 2.75) is 19.4 Å². The van der Waals surface area contributed by atoms with Gasteiger partial charge in [0.05, 0.1) is 13.2 Å². The van der Waals surface area contributed by atoms with Crippen molar-refractivity contribution < 1.29 is 9.47 Å². The van der Waals surface area contributed by atoms with Crippen molar-refractivity contribution in [3.05, 3.63) is 28.8 Å². The molecule has 0 radical (unpaired) electrons. The highest BCUT2D eigenvalue weighted by atomic mass is 32.1. The molecule has 0 unspecified atom stereocenters. The van der Waals surface area contributed by atoms with E-state index in [2.05, 4.69) is 21.6 Å². The first-order chi connectivity index (χ1) is 9.26. The summed E-state index contributed by atoms with van der Waals surface area (Å²) in [7, 11) is 1.66. The van der Waals surface area contributed by atoms with E-state index < -0.39 is 0 Å². The molecule has 0 fully saturated rings. The van der Waals surface area contributed by atoms with Crippen LogP contribution in [-0.4, -0.2) is 30.0 Å². The summed E-state index contributed by atoms with van der Waals surface area (Å²) in [5, 5.41) is 13.2. The lowest BCUT2D eigenvalue weighted by Gasteiger charge is -2.26. The maximum atomic E-state index is 5.81. The molecule has 1 aliphatic heterocycles. The molecule has 0 saturated carbocycles. The molecule has 2 aromatic rings. The predicted octanol–water partition coefficient (Wildman–Crippen LogP) is 2.27. The Labute approximate surface area is 115 Å². The van der Waals surface area contributed by atoms with Gasteiger partial charge in [0.15, 0.2) is 11.5 Å². The number of aryl methyl sites for hydroxylation is 1. The summed E-state index contributed by atoms with van der Waals surface area (Å²) < 4.78 is 11.1. The molecule has 100 valence electrons. The highest BCUT2D eigenvalue weighted by molar-refractivity contribution is 7.15. The molecule has 0 spiro atoms. The van der Waals surface area contributed by atoms with Crippen LogP contribution in [-0.2, 0) is 6.42 Å². The molecule has 1 aromatic heterocycles. The van der Waals surface area contributed by atoms with Crippen LogP contribution in [0.3, 0.4) is 0 Å².